The average Bonchev–Trinajstić information content (AvgIpc) is 2.34. The summed E-state index contributed by atoms with van der Waals surface area (Å²) in [6.45, 7) is 2.55. The minimum Gasteiger partial charge on any atom is -0.478 e. The van der Waals surface area contributed by atoms with Gasteiger partial charge in [0.25, 0.3) is 0 Å². The van der Waals surface area contributed by atoms with Gasteiger partial charge < -0.3 is 15.6 Å². The fraction of sp³-hybridized carbons (Fsp3) is 0.364. The SMILES string of the molecule is CCOCCNS(=O)(=O)c1ccc(N)cc1C(=O)O. The van der Waals surface area contributed by atoms with Crippen LogP contribution in [0.1, 0.15) is 17.3 Å². The highest BCUT2D eigenvalue weighted by molar-refractivity contribution is 7.89. The van der Waals surface area contributed by atoms with Gasteiger partial charge in [-0.05, 0) is 25.1 Å². The number of nitrogens with two attached hydrogens (primary N) is 1. The van der Waals surface area contributed by atoms with E-state index in [1.165, 1.54) is 12.1 Å². The number of hydrogen-bond donors (Lipinski definition) is 3. The van der Waals surface area contributed by atoms with E-state index >= 15 is 0 Å². The van der Waals surface area contributed by atoms with Crippen molar-refractivity contribution in [1.29, 1.82) is 0 Å². The van der Waals surface area contributed by atoms with E-state index in [0.717, 1.165) is 6.07 Å². The number of nitrogen functional groups attached to an aromatic ring is 1. The summed E-state index contributed by atoms with van der Waals surface area (Å²) in [6, 6.07) is 3.62. The van der Waals surface area contributed by atoms with Crippen molar-refractivity contribution in [3.05, 3.63) is 23.8 Å². The second-order valence-electron chi connectivity index (χ2n) is 3.66. The lowest BCUT2D eigenvalue weighted by molar-refractivity contribution is 0.0692. The normalized spacial score (nSPS) is 11.4. The molecule has 0 fully saturated rings. The van der Waals surface area contributed by atoms with Crippen LogP contribution in [0.15, 0.2) is 23.1 Å². The lowest BCUT2D eigenvalue weighted by atomic mass is 10.2. The molecule has 0 amide bonds. The number of carbonyl (C=O) groups is 1. The molecule has 1 rings (SSSR count). The Morgan fingerprint density at radius 2 is 2.16 bits per heavy atom. The maximum Gasteiger partial charge on any atom is 0.337 e. The van der Waals surface area contributed by atoms with Crippen molar-refractivity contribution in [3.8, 4) is 0 Å². The number of rotatable bonds is 7. The summed E-state index contributed by atoms with van der Waals surface area (Å²) in [7, 11) is -3.90. The van der Waals surface area contributed by atoms with Crippen molar-refractivity contribution >= 4 is 21.7 Å². The first-order valence-electron chi connectivity index (χ1n) is 5.58. The predicted octanol–water partition coefficient (Wildman–Crippen LogP) is 0.282. The molecule has 0 atom stereocenters. The van der Waals surface area contributed by atoms with E-state index in [1.54, 1.807) is 6.92 Å². The molecule has 1 aromatic carbocycles. The molecule has 0 aromatic heterocycles. The topological polar surface area (TPSA) is 119 Å². The third-order valence-corrected chi connectivity index (χ3v) is 3.79. The van der Waals surface area contributed by atoms with E-state index in [-0.39, 0.29) is 29.3 Å². The first-order chi connectivity index (χ1) is 8.88. The van der Waals surface area contributed by atoms with Crippen molar-refractivity contribution in [2.45, 2.75) is 11.8 Å². The van der Waals surface area contributed by atoms with Crippen LogP contribution in [0.3, 0.4) is 0 Å². The second kappa shape index (κ2) is 6.50. The van der Waals surface area contributed by atoms with Gasteiger partial charge in [0.1, 0.15) is 0 Å². The standard InChI is InChI=1S/C11H16N2O5S/c1-2-18-6-5-13-19(16,17)10-4-3-8(12)7-9(10)11(14)15/h3-4,7,13H,2,5-6,12H2,1H3,(H,14,15). The number of carboxylic acids is 1. The zero-order chi connectivity index (χ0) is 14.5. The Balaban J connectivity index is 2.98. The first-order valence-corrected chi connectivity index (χ1v) is 7.07. The summed E-state index contributed by atoms with van der Waals surface area (Å²) in [5, 5.41) is 8.99. The van der Waals surface area contributed by atoms with Crippen molar-refractivity contribution < 1.29 is 23.1 Å². The van der Waals surface area contributed by atoms with Gasteiger partial charge in [0.2, 0.25) is 10.0 Å². The minimum atomic E-state index is -3.90. The molecule has 7 nitrogen and oxygen atoms in total. The van der Waals surface area contributed by atoms with E-state index in [4.69, 9.17) is 15.6 Å². The molecule has 106 valence electrons. The van der Waals surface area contributed by atoms with E-state index in [0.29, 0.717) is 6.61 Å². The summed E-state index contributed by atoms with van der Waals surface area (Å²) in [6.07, 6.45) is 0. The Morgan fingerprint density at radius 3 is 2.74 bits per heavy atom. The average molecular weight is 288 g/mol. The molecule has 8 heteroatoms. The second-order valence-corrected chi connectivity index (χ2v) is 5.39. The lowest BCUT2D eigenvalue weighted by Crippen LogP contribution is -2.29. The zero-order valence-electron chi connectivity index (χ0n) is 10.4. The van der Waals surface area contributed by atoms with E-state index < -0.39 is 16.0 Å². The maximum atomic E-state index is 12.0. The van der Waals surface area contributed by atoms with Gasteiger partial charge in [-0.1, -0.05) is 0 Å². The van der Waals surface area contributed by atoms with Gasteiger partial charge in [-0.3, -0.25) is 0 Å². The molecule has 0 aliphatic heterocycles. The van der Waals surface area contributed by atoms with Crippen LogP contribution in [0.5, 0.6) is 0 Å². The number of ether oxygens (including phenoxy) is 1. The molecule has 0 unspecified atom stereocenters. The van der Waals surface area contributed by atoms with Crippen LogP contribution in [0, 0.1) is 0 Å². The predicted molar refractivity (Wildman–Crippen MR) is 69.5 cm³/mol. The lowest BCUT2D eigenvalue weighted by Gasteiger charge is -2.10. The first kappa shape index (κ1) is 15.4. The Kier molecular flexibility index (Phi) is 5.28. The van der Waals surface area contributed by atoms with Crippen molar-refractivity contribution in [2.75, 3.05) is 25.5 Å². The number of carboxylic acid groups (broad SMARTS) is 1. The minimum absolute atomic E-state index is 0.0691. The van der Waals surface area contributed by atoms with Crippen molar-refractivity contribution in [3.63, 3.8) is 0 Å². The number of sulfonamides is 1. The Labute approximate surface area is 111 Å². The Bertz CT molecular complexity index is 556. The van der Waals surface area contributed by atoms with Gasteiger partial charge in [0, 0.05) is 18.8 Å². The van der Waals surface area contributed by atoms with Gasteiger partial charge >= 0.3 is 5.97 Å². The van der Waals surface area contributed by atoms with Crippen LogP contribution < -0.4 is 10.5 Å². The summed E-state index contributed by atoms with van der Waals surface area (Å²) in [4.78, 5) is 10.7. The molecular weight excluding hydrogens is 272 g/mol. The van der Waals surface area contributed by atoms with Crippen LogP contribution >= 0.6 is 0 Å². The fourth-order valence-electron chi connectivity index (χ4n) is 1.42. The molecule has 0 radical (unpaired) electrons. The quantitative estimate of drug-likeness (QED) is 0.490. The summed E-state index contributed by atoms with van der Waals surface area (Å²) in [5.74, 6) is -1.35. The van der Waals surface area contributed by atoms with Crippen LogP contribution in [-0.2, 0) is 14.8 Å². The van der Waals surface area contributed by atoms with Crippen LogP contribution in [-0.4, -0.2) is 39.3 Å². The molecule has 0 bridgehead atoms. The van der Waals surface area contributed by atoms with E-state index in [2.05, 4.69) is 4.72 Å². The third-order valence-electron chi connectivity index (χ3n) is 2.27. The van der Waals surface area contributed by atoms with Crippen LogP contribution in [0.2, 0.25) is 0 Å². The summed E-state index contributed by atoms with van der Waals surface area (Å²) >= 11 is 0. The van der Waals surface area contributed by atoms with Gasteiger partial charge in [-0.25, -0.2) is 17.9 Å². The molecule has 0 heterocycles. The van der Waals surface area contributed by atoms with Crippen LogP contribution in [0.4, 0.5) is 5.69 Å². The molecule has 0 saturated heterocycles. The monoisotopic (exact) mass is 288 g/mol. The molecule has 0 aliphatic rings. The molecular formula is C11H16N2O5S. The number of benzene rings is 1. The highest BCUT2D eigenvalue weighted by atomic mass is 32.2. The number of anilines is 1. The van der Waals surface area contributed by atoms with Crippen molar-refractivity contribution in [1.82, 2.24) is 4.72 Å². The summed E-state index contributed by atoms with van der Waals surface area (Å²) < 4.78 is 31.2. The van der Waals surface area contributed by atoms with Crippen LogP contribution in [0.25, 0.3) is 0 Å². The third kappa shape index (κ3) is 4.19. The molecule has 0 saturated carbocycles. The number of aromatic carboxylic acids is 1. The Morgan fingerprint density at radius 1 is 1.47 bits per heavy atom. The largest absolute Gasteiger partial charge is 0.478 e. The Hall–Kier alpha value is -1.64. The smallest absolute Gasteiger partial charge is 0.337 e. The maximum absolute atomic E-state index is 12.0. The molecule has 0 spiro atoms. The van der Waals surface area contributed by atoms with E-state index in [9.17, 15) is 13.2 Å². The van der Waals surface area contributed by atoms with Gasteiger partial charge in [0.05, 0.1) is 17.1 Å². The molecule has 19 heavy (non-hydrogen) atoms. The summed E-state index contributed by atoms with van der Waals surface area (Å²) in [5.41, 5.74) is 5.28. The number of nitrogens with one attached hydrogen (secondary N) is 1. The van der Waals surface area contributed by atoms with Gasteiger partial charge in [-0.15, -0.1) is 0 Å². The highest BCUT2D eigenvalue weighted by Gasteiger charge is 2.21. The van der Waals surface area contributed by atoms with E-state index in [1.807, 2.05) is 0 Å². The van der Waals surface area contributed by atoms with Gasteiger partial charge in [0.15, 0.2) is 0 Å². The number of hydrogen-bond acceptors (Lipinski definition) is 5. The fourth-order valence-corrected chi connectivity index (χ4v) is 2.61. The molecule has 1 aromatic rings. The molecule has 0 aliphatic carbocycles. The molecule has 4 N–H and O–H groups in total. The van der Waals surface area contributed by atoms with Crippen molar-refractivity contribution in [2.24, 2.45) is 0 Å². The zero-order valence-corrected chi connectivity index (χ0v) is 11.2. The highest BCUT2D eigenvalue weighted by Crippen LogP contribution is 2.18. The van der Waals surface area contributed by atoms with Gasteiger partial charge in [-0.2, -0.15) is 0 Å².